The minimum atomic E-state index is -3.81. The van der Waals surface area contributed by atoms with Crippen LogP contribution in [0.15, 0.2) is 47.5 Å². The second-order valence-electron chi connectivity index (χ2n) is 4.97. The number of carbonyl (C=O) groups excluding carboxylic acids is 2. The Hall–Kier alpha value is -2.49. The van der Waals surface area contributed by atoms with Crippen LogP contribution < -0.4 is 10.5 Å². The van der Waals surface area contributed by atoms with Crippen LogP contribution in [0.25, 0.3) is 0 Å². The fraction of sp³-hybridized carbons (Fsp3) is 0.133. The maximum atomic E-state index is 12.1. The lowest BCUT2D eigenvalue weighted by molar-refractivity contribution is -0.123. The number of primary sulfonamides is 1. The van der Waals surface area contributed by atoms with Crippen LogP contribution in [0, 0.1) is 0 Å². The van der Waals surface area contributed by atoms with E-state index in [1.807, 2.05) is 0 Å². The topological polar surface area (TPSA) is 128 Å². The number of aromatic nitrogens is 1. The van der Waals surface area contributed by atoms with E-state index < -0.39 is 28.0 Å². The van der Waals surface area contributed by atoms with Gasteiger partial charge in [-0.3, -0.25) is 4.79 Å². The third-order valence-electron chi connectivity index (χ3n) is 3.07. The average Bonchev–Trinajstić information content (AvgIpc) is 2.54. The number of esters is 1. The van der Waals surface area contributed by atoms with Gasteiger partial charge in [-0.2, -0.15) is 0 Å². The fourth-order valence-corrected chi connectivity index (χ4v) is 2.47. The molecule has 1 atom stereocenters. The first-order valence-electron chi connectivity index (χ1n) is 6.93. The van der Waals surface area contributed by atoms with Gasteiger partial charge in [0, 0.05) is 11.9 Å². The van der Waals surface area contributed by atoms with E-state index in [4.69, 9.17) is 21.5 Å². The van der Waals surface area contributed by atoms with Crippen molar-refractivity contribution in [2.75, 3.05) is 5.32 Å². The minimum absolute atomic E-state index is 0.0838. The van der Waals surface area contributed by atoms with E-state index in [0.717, 1.165) is 0 Å². The first kappa shape index (κ1) is 18.8. The quantitative estimate of drug-likeness (QED) is 0.595. The second kappa shape index (κ2) is 7.60. The van der Waals surface area contributed by atoms with E-state index in [9.17, 15) is 18.0 Å². The molecule has 0 aliphatic carbocycles. The van der Waals surface area contributed by atoms with Crippen LogP contribution >= 0.6 is 11.6 Å². The molecule has 1 aromatic carbocycles. The third kappa shape index (κ3) is 5.24. The van der Waals surface area contributed by atoms with Crippen LogP contribution in [0.3, 0.4) is 0 Å². The molecule has 1 unspecified atom stereocenters. The van der Waals surface area contributed by atoms with Gasteiger partial charge in [0.15, 0.2) is 6.10 Å². The van der Waals surface area contributed by atoms with Gasteiger partial charge in [-0.05, 0) is 43.3 Å². The maximum absolute atomic E-state index is 12.1. The van der Waals surface area contributed by atoms with Crippen molar-refractivity contribution in [1.82, 2.24) is 4.98 Å². The summed E-state index contributed by atoms with van der Waals surface area (Å²) in [6.45, 7) is 1.40. The molecule has 1 aromatic heterocycles. The molecule has 2 aromatic rings. The average molecular weight is 384 g/mol. The summed E-state index contributed by atoms with van der Waals surface area (Å²) >= 11 is 5.69. The Morgan fingerprint density at radius 1 is 1.24 bits per heavy atom. The van der Waals surface area contributed by atoms with Crippen molar-refractivity contribution in [2.45, 2.75) is 17.9 Å². The number of carbonyl (C=O) groups is 2. The summed E-state index contributed by atoms with van der Waals surface area (Å²) in [7, 11) is -3.81. The van der Waals surface area contributed by atoms with Crippen LogP contribution in [0.2, 0.25) is 5.15 Å². The highest BCUT2D eigenvalue weighted by Crippen LogP contribution is 2.14. The Labute approximate surface area is 149 Å². The summed E-state index contributed by atoms with van der Waals surface area (Å²) in [5.41, 5.74) is 0.490. The smallest absolute Gasteiger partial charge is 0.339 e. The molecular weight excluding hydrogens is 370 g/mol. The number of hydrogen-bond acceptors (Lipinski definition) is 6. The van der Waals surface area contributed by atoms with Gasteiger partial charge in [0.1, 0.15) is 5.15 Å². The molecule has 0 fully saturated rings. The number of amides is 1. The first-order chi connectivity index (χ1) is 11.7. The lowest BCUT2D eigenvalue weighted by Crippen LogP contribution is -2.30. The van der Waals surface area contributed by atoms with E-state index in [2.05, 4.69) is 10.3 Å². The summed E-state index contributed by atoms with van der Waals surface area (Å²) < 4.78 is 27.4. The molecule has 1 heterocycles. The van der Waals surface area contributed by atoms with Gasteiger partial charge in [0.25, 0.3) is 5.91 Å². The summed E-state index contributed by atoms with van der Waals surface area (Å²) in [6.07, 6.45) is 0.258. The fourth-order valence-electron chi connectivity index (χ4n) is 1.78. The molecule has 0 bridgehead atoms. The molecule has 0 aliphatic heterocycles. The van der Waals surface area contributed by atoms with Crippen molar-refractivity contribution in [3.05, 3.63) is 53.3 Å². The molecule has 0 saturated carbocycles. The standard InChI is InChI=1S/C15H14ClN3O5S/c1-9(24-15(21)10-6-7-18-13(16)8-10)14(20)19-11-2-4-12(5-3-11)25(17,22)23/h2-9H,1H3,(H,19,20)(H2,17,22,23). The van der Waals surface area contributed by atoms with Crippen molar-refractivity contribution in [1.29, 1.82) is 0 Å². The molecule has 3 N–H and O–H groups in total. The minimum Gasteiger partial charge on any atom is -0.449 e. The second-order valence-corrected chi connectivity index (χ2v) is 6.92. The highest BCUT2D eigenvalue weighted by Gasteiger charge is 2.19. The van der Waals surface area contributed by atoms with Gasteiger partial charge >= 0.3 is 5.97 Å². The largest absolute Gasteiger partial charge is 0.449 e. The summed E-state index contributed by atoms with van der Waals surface area (Å²) in [5, 5.41) is 7.62. The Kier molecular flexibility index (Phi) is 5.73. The molecule has 0 saturated heterocycles. The highest BCUT2D eigenvalue weighted by molar-refractivity contribution is 7.89. The number of nitrogens with two attached hydrogens (primary N) is 1. The van der Waals surface area contributed by atoms with Gasteiger partial charge < -0.3 is 10.1 Å². The molecule has 10 heteroatoms. The van der Waals surface area contributed by atoms with Gasteiger partial charge in [-0.15, -0.1) is 0 Å². The normalized spacial score (nSPS) is 12.3. The zero-order valence-corrected chi connectivity index (χ0v) is 14.5. The molecular formula is C15H14ClN3O5S. The first-order valence-corrected chi connectivity index (χ1v) is 8.85. The Morgan fingerprint density at radius 2 is 1.88 bits per heavy atom. The molecule has 0 aliphatic rings. The van der Waals surface area contributed by atoms with Gasteiger partial charge in [-0.1, -0.05) is 11.6 Å². The number of anilines is 1. The number of sulfonamides is 1. The molecule has 2 rings (SSSR count). The van der Waals surface area contributed by atoms with Crippen molar-refractivity contribution in [2.24, 2.45) is 5.14 Å². The maximum Gasteiger partial charge on any atom is 0.339 e. The number of hydrogen-bond donors (Lipinski definition) is 2. The van der Waals surface area contributed by atoms with Crippen LogP contribution in [-0.4, -0.2) is 31.4 Å². The van der Waals surface area contributed by atoms with Crippen LogP contribution in [0.1, 0.15) is 17.3 Å². The predicted molar refractivity (Wildman–Crippen MR) is 90.6 cm³/mol. The number of nitrogens with zero attached hydrogens (tertiary/aromatic N) is 1. The summed E-state index contributed by atoms with van der Waals surface area (Å²) in [5.74, 6) is -1.31. The third-order valence-corrected chi connectivity index (χ3v) is 4.20. The number of pyridine rings is 1. The monoisotopic (exact) mass is 383 g/mol. The molecule has 1 amide bonds. The van der Waals surface area contributed by atoms with E-state index >= 15 is 0 Å². The van der Waals surface area contributed by atoms with Crippen LogP contribution in [-0.2, 0) is 19.6 Å². The number of halogens is 1. The molecule has 25 heavy (non-hydrogen) atoms. The van der Waals surface area contributed by atoms with Crippen molar-refractivity contribution in [3.8, 4) is 0 Å². The number of benzene rings is 1. The van der Waals surface area contributed by atoms with Crippen LogP contribution in [0.4, 0.5) is 5.69 Å². The van der Waals surface area contributed by atoms with Gasteiger partial charge in [0.2, 0.25) is 10.0 Å². The lowest BCUT2D eigenvalue weighted by atomic mass is 10.2. The number of rotatable bonds is 5. The van der Waals surface area contributed by atoms with E-state index in [1.54, 1.807) is 0 Å². The molecule has 0 radical (unpaired) electrons. The molecule has 0 spiro atoms. The summed E-state index contributed by atoms with van der Waals surface area (Å²) in [6, 6.07) is 7.97. The van der Waals surface area contributed by atoms with Crippen molar-refractivity contribution in [3.63, 3.8) is 0 Å². The Balaban J connectivity index is 1.99. The number of nitrogens with one attached hydrogen (secondary N) is 1. The van der Waals surface area contributed by atoms with E-state index in [1.165, 1.54) is 49.5 Å². The zero-order valence-electron chi connectivity index (χ0n) is 13.0. The zero-order chi connectivity index (χ0) is 18.6. The van der Waals surface area contributed by atoms with Gasteiger partial charge in [0.05, 0.1) is 10.5 Å². The SMILES string of the molecule is CC(OC(=O)c1ccnc(Cl)c1)C(=O)Nc1ccc(S(N)(=O)=O)cc1. The molecule has 8 nitrogen and oxygen atoms in total. The van der Waals surface area contributed by atoms with Crippen LogP contribution in [0.5, 0.6) is 0 Å². The number of ether oxygens (including phenoxy) is 1. The van der Waals surface area contributed by atoms with Gasteiger partial charge in [-0.25, -0.2) is 23.3 Å². The van der Waals surface area contributed by atoms with E-state index in [-0.39, 0.29) is 15.6 Å². The van der Waals surface area contributed by atoms with Crippen molar-refractivity contribution < 1.29 is 22.7 Å². The Bertz CT molecular complexity index is 900. The molecule has 132 valence electrons. The Morgan fingerprint density at radius 3 is 2.44 bits per heavy atom. The van der Waals surface area contributed by atoms with Crippen molar-refractivity contribution >= 4 is 39.2 Å². The van der Waals surface area contributed by atoms with E-state index in [0.29, 0.717) is 5.69 Å². The summed E-state index contributed by atoms with van der Waals surface area (Å²) in [4.78, 5) is 27.7. The lowest BCUT2D eigenvalue weighted by Gasteiger charge is -2.13. The predicted octanol–water partition coefficient (Wildman–Crippen LogP) is 1.57. The highest BCUT2D eigenvalue weighted by atomic mass is 35.5.